The highest BCUT2D eigenvalue weighted by molar-refractivity contribution is 5.83. The lowest BCUT2D eigenvalue weighted by molar-refractivity contribution is -0.123. The minimum Gasteiger partial charge on any atom is -0.390 e. The minimum absolute atomic E-state index is 0.0933. The molecule has 0 heterocycles. The Hall–Kier alpha value is -3.09. The Morgan fingerprint density at radius 3 is 2.26 bits per heavy atom. The molecule has 0 bridgehead atoms. The third-order valence-electron chi connectivity index (χ3n) is 5.95. The standard InChI is InChI=1S/C28H32F2N2O2/c1-3-20-8-7-9-21(12-20)17-31-18-27(33)26(15-22-13-24(29)16-25(30)14-22)32-28(34)19(2)23-10-5-4-6-11-23/h4-14,16,19,26-27,31,33H,3,15,17-18H2,1-2H3,(H,32,34)/t19-,26-,27-/m0/s1. The summed E-state index contributed by atoms with van der Waals surface area (Å²) in [6, 6.07) is 20.0. The molecular weight excluding hydrogens is 434 g/mol. The topological polar surface area (TPSA) is 61.4 Å². The van der Waals surface area contributed by atoms with Crippen LogP contribution in [0.15, 0.2) is 72.8 Å². The third kappa shape index (κ3) is 7.47. The minimum atomic E-state index is -0.965. The van der Waals surface area contributed by atoms with Crippen LogP contribution in [0.1, 0.15) is 42.0 Å². The Labute approximate surface area is 200 Å². The van der Waals surface area contributed by atoms with E-state index in [1.165, 1.54) is 17.7 Å². The maximum atomic E-state index is 13.7. The van der Waals surface area contributed by atoms with Gasteiger partial charge < -0.3 is 15.7 Å². The molecule has 3 N–H and O–H groups in total. The SMILES string of the molecule is CCc1cccc(CNC[C@H](O)[C@H](Cc2cc(F)cc(F)c2)NC(=O)[C@@H](C)c2ccccc2)c1. The first-order valence-corrected chi connectivity index (χ1v) is 11.6. The van der Waals surface area contributed by atoms with Gasteiger partial charge in [-0.3, -0.25) is 4.79 Å². The first-order chi connectivity index (χ1) is 16.4. The lowest BCUT2D eigenvalue weighted by Crippen LogP contribution is -2.49. The Morgan fingerprint density at radius 2 is 1.59 bits per heavy atom. The predicted octanol–water partition coefficient (Wildman–Crippen LogP) is 4.51. The summed E-state index contributed by atoms with van der Waals surface area (Å²) in [6.07, 6.45) is 0.0670. The smallest absolute Gasteiger partial charge is 0.227 e. The van der Waals surface area contributed by atoms with Crippen molar-refractivity contribution in [1.82, 2.24) is 10.6 Å². The monoisotopic (exact) mass is 466 g/mol. The van der Waals surface area contributed by atoms with Crippen molar-refractivity contribution in [2.75, 3.05) is 6.54 Å². The highest BCUT2D eigenvalue weighted by Crippen LogP contribution is 2.17. The highest BCUT2D eigenvalue weighted by Gasteiger charge is 2.25. The fraction of sp³-hybridized carbons (Fsp3) is 0.321. The summed E-state index contributed by atoms with van der Waals surface area (Å²) < 4.78 is 27.5. The van der Waals surface area contributed by atoms with E-state index in [4.69, 9.17) is 0 Å². The fourth-order valence-corrected chi connectivity index (χ4v) is 3.93. The molecule has 0 unspecified atom stereocenters. The maximum absolute atomic E-state index is 13.7. The molecular formula is C28H32F2N2O2. The van der Waals surface area contributed by atoms with Gasteiger partial charge in [-0.15, -0.1) is 0 Å². The Morgan fingerprint density at radius 1 is 0.912 bits per heavy atom. The number of aliphatic hydroxyl groups is 1. The van der Waals surface area contributed by atoms with Gasteiger partial charge in [0, 0.05) is 19.2 Å². The molecule has 0 saturated heterocycles. The number of amides is 1. The van der Waals surface area contributed by atoms with Crippen molar-refractivity contribution in [3.05, 3.63) is 107 Å². The summed E-state index contributed by atoms with van der Waals surface area (Å²) in [4.78, 5) is 13.0. The van der Waals surface area contributed by atoms with E-state index in [2.05, 4.69) is 29.7 Å². The van der Waals surface area contributed by atoms with Gasteiger partial charge in [-0.2, -0.15) is 0 Å². The number of rotatable bonds is 11. The largest absolute Gasteiger partial charge is 0.390 e. The first-order valence-electron chi connectivity index (χ1n) is 11.6. The first kappa shape index (κ1) is 25.5. The molecule has 0 aromatic heterocycles. The van der Waals surface area contributed by atoms with Crippen LogP contribution in [0, 0.1) is 11.6 Å². The van der Waals surface area contributed by atoms with Crippen LogP contribution in [-0.2, 0) is 24.2 Å². The van der Waals surface area contributed by atoms with Crippen LogP contribution in [0.4, 0.5) is 8.78 Å². The van der Waals surface area contributed by atoms with Gasteiger partial charge >= 0.3 is 0 Å². The molecule has 0 radical (unpaired) electrons. The van der Waals surface area contributed by atoms with E-state index < -0.39 is 29.7 Å². The number of hydrogen-bond donors (Lipinski definition) is 3. The zero-order valence-corrected chi connectivity index (χ0v) is 19.6. The molecule has 0 aliphatic carbocycles. The van der Waals surface area contributed by atoms with E-state index in [0.29, 0.717) is 12.1 Å². The van der Waals surface area contributed by atoms with Crippen LogP contribution in [-0.4, -0.2) is 29.7 Å². The molecule has 3 aromatic rings. The predicted molar refractivity (Wildman–Crippen MR) is 130 cm³/mol. The quantitative estimate of drug-likeness (QED) is 0.390. The lowest BCUT2D eigenvalue weighted by Gasteiger charge is -2.26. The number of carbonyl (C=O) groups is 1. The molecule has 3 aromatic carbocycles. The van der Waals surface area contributed by atoms with Crippen molar-refractivity contribution in [3.63, 3.8) is 0 Å². The molecule has 0 spiro atoms. The summed E-state index contributed by atoms with van der Waals surface area (Å²) in [5, 5.41) is 17.0. The average Bonchev–Trinajstić information content (AvgIpc) is 2.83. The van der Waals surface area contributed by atoms with Gasteiger partial charge in [0.05, 0.1) is 18.1 Å². The highest BCUT2D eigenvalue weighted by atomic mass is 19.1. The number of nitrogens with one attached hydrogen (secondary N) is 2. The molecule has 1 amide bonds. The van der Waals surface area contributed by atoms with Gasteiger partial charge in [0.25, 0.3) is 0 Å². The molecule has 0 saturated carbocycles. The van der Waals surface area contributed by atoms with E-state index in [1.807, 2.05) is 42.5 Å². The fourth-order valence-electron chi connectivity index (χ4n) is 3.93. The average molecular weight is 467 g/mol. The van der Waals surface area contributed by atoms with E-state index >= 15 is 0 Å². The van der Waals surface area contributed by atoms with Crippen molar-refractivity contribution in [3.8, 4) is 0 Å². The van der Waals surface area contributed by atoms with Crippen molar-refractivity contribution in [2.45, 2.75) is 51.3 Å². The number of hydrogen-bond acceptors (Lipinski definition) is 3. The maximum Gasteiger partial charge on any atom is 0.227 e. The van der Waals surface area contributed by atoms with E-state index in [0.717, 1.165) is 23.6 Å². The summed E-state index contributed by atoms with van der Waals surface area (Å²) in [5.41, 5.74) is 3.54. The second kappa shape index (κ2) is 12.4. The molecule has 6 heteroatoms. The molecule has 4 nitrogen and oxygen atoms in total. The zero-order chi connectivity index (χ0) is 24.5. The van der Waals surface area contributed by atoms with E-state index in [1.54, 1.807) is 6.92 Å². The van der Waals surface area contributed by atoms with Gasteiger partial charge in [-0.1, -0.05) is 61.5 Å². The van der Waals surface area contributed by atoms with Gasteiger partial charge in [0.1, 0.15) is 11.6 Å². The molecule has 3 atom stereocenters. The van der Waals surface area contributed by atoms with Gasteiger partial charge in [0.2, 0.25) is 5.91 Å². The third-order valence-corrected chi connectivity index (χ3v) is 5.95. The molecule has 0 aliphatic heterocycles. The van der Waals surface area contributed by atoms with E-state index in [-0.39, 0.29) is 18.9 Å². The zero-order valence-electron chi connectivity index (χ0n) is 19.6. The number of benzene rings is 3. The van der Waals surface area contributed by atoms with Gasteiger partial charge in [-0.25, -0.2) is 8.78 Å². The Balaban J connectivity index is 1.69. The summed E-state index contributed by atoms with van der Waals surface area (Å²) in [5.74, 6) is -2.09. The number of aliphatic hydroxyl groups excluding tert-OH is 1. The second-order valence-corrected chi connectivity index (χ2v) is 8.60. The molecule has 0 fully saturated rings. The molecule has 0 aliphatic rings. The summed E-state index contributed by atoms with van der Waals surface area (Å²) >= 11 is 0. The number of aryl methyl sites for hydroxylation is 1. The van der Waals surface area contributed by atoms with Crippen molar-refractivity contribution < 1.29 is 18.7 Å². The molecule has 3 rings (SSSR count). The second-order valence-electron chi connectivity index (χ2n) is 8.60. The summed E-state index contributed by atoms with van der Waals surface area (Å²) in [7, 11) is 0. The number of carbonyl (C=O) groups excluding carboxylic acids is 1. The summed E-state index contributed by atoms with van der Waals surface area (Å²) in [6.45, 7) is 4.64. The van der Waals surface area contributed by atoms with Crippen LogP contribution in [0.5, 0.6) is 0 Å². The Kier molecular flexibility index (Phi) is 9.31. The van der Waals surface area contributed by atoms with Crippen molar-refractivity contribution >= 4 is 5.91 Å². The van der Waals surface area contributed by atoms with Crippen molar-refractivity contribution in [1.29, 1.82) is 0 Å². The van der Waals surface area contributed by atoms with Crippen molar-refractivity contribution in [2.24, 2.45) is 0 Å². The van der Waals surface area contributed by atoms with E-state index in [9.17, 15) is 18.7 Å². The van der Waals surface area contributed by atoms with Crippen LogP contribution in [0.3, 0.4) is 0 Å². The molecule has 34 heavy (non-hydrogen) atoms. The van der Waals surface area contributed by atoms with Crippen LogP contribution < -0.4 is 10.6 Å². The van der Waals surface area contributed by atoms with Crippen LogP contribution in [0.25, 0.3) is 0 Å². The normalized spacial score (nSPS) is 13.8. The van der Waals surface area contributed by atoms with Crippen LogP contribution >= 0.6 is 0 Å². The molecule has 180 valence electrons. The lowest BCUT2D eigenvalue weighted by atomic mass is 9.97. The Bertz CT molecular complexity index is 1050. The van der Waals surface area contributed by atoms with Gasteiger partial charge in [0.15, 0.2) is 0 Å². The number of halogens is 2. The van der Waals surface area contributed by atoms with Gasteiger partial charge in [-0.05, 0) is 54.2 Å². The van der Waals surface area contributed by atoms with Crippen LogP contribution in [0.2, 0.25) is 0 Å².